The van der Waals surface area contributed by atoms with E-state index in [-0.39, 0.29) is 38.1 Å². The van der Waals surface area contributed by atoms with Gasteiger partial charge in [0.15, 0.2) is 0 Å². The van der Waals surface area contributed by atoms with Crippen LogP contribution in [0.5, 0.6) is 0 Å². The third-order valence-electron chi connectivity index (χ3n) is 2.39. The molecule has 5 amide bonds. The van der Waals surface area contributed by atoms with Gasteiger partial charge in [0.2, 0.25) is 23.6 Å². The van der Waals surface area contributed by atoms with Crippen LogP contribution >= 0.6 is 25.3 Å². The molecular formula is C12H21N5O5S2. The van der Waals surface area contributed by atoms with Gasteiger partial charge < -0.3 is 5.32 Å². The fraction of sp³-hybridized carbons (Fsp3) is 0.583. The molecular weight excluding hydrogens is 358 g/mol. The minimum atomic E-state index is -0.612. The summed E-state index contributed by atoms with van der Waals surface area (Å²) < 4.78 is 0. The monoisotopic (exact) mass is 379 g/mol. The van der Waals surface area contributed by atoms with E-state index in [0.717, 1.165) is 0 Å². The van der Waals surface area contributed by atoms with Crippen LogP contribution in [0.25, 0.3) is 0 Å². The Morgan fingerprint density at radius 3 is 1.38 bits per heavy atom. The quantitative estimate of drug-likeness (QED) is 0.180. The number of thiol groups is 2. The van der Waals surface area contributed by atoms with Crippen molar-refractivity contribution in [3.05, 3.63) is 0 Å². The van der Waals surface area contributed by atoms with Crippen LogP contribution in [0.1, 0.15) is 25.7 Å². The van der Waals surface area contributed by atoms with E-state index in [1.54, 1.807) is 0 Å². The van der Waals surface area contributed by atoms with E-state index in [1.165, 1.54) is 0 Å². The Kier molecular flexibility index (Phi) is 12.4. The lowest BCUT2D eigenvalue weighted by Gasteiger charge is -2.08. The van der Waals surface area contributed by atoms with E-state index in [0.29, 0.717) is 11.5 Å². The van der Waals surface area contributed by atoms with Gasteiger partial charge >= 0.3 is 0 Å². The average molecular weight is 379 g/mol. The maximum Gasteiger partial charge on any atom is 0.257 e. The highest BCUT2D eigenvalue weighted by Crippen LogP contribution is 1.89. The van der Waals surface area contributed by atoms with Crippen LogP contribution in [-0.4, -0.2) is 47.6 Å². The number of carbonyl (C=O) groups is 5. The highest BCUT2D eigenvalue weighted by Gasteiger charge is 2.10. The van der Waals surface area contributed by atoms with Crippen LogP contribution in [0.15, 0.2) is 0 Å². The van der Waals surface area contributed by atoms with Crippen molar-refractivity contribution in [3.63, 3.8) is 0 Å². The first kappa shape index (κ1) is 22.1. The van der Waals surface area contributed by atoms with Crippen molar-refractivity contribution in [1.82, 2.24) is 27.0 Å². The Balaban J connectivity index is 3.78. The number of carbonyl (C=O) groups excluding carboxylic acids is 5. The van der Waals surface area contributed by atoms with Gasteiger partial charge in [-0.15, -0.1) is 0 Å². The second kappa shape index (κ2) is 13.5. The number of hydrogen-bond acceptors (Lipinski definition) is 7. The highest BCUT2D eigenvalue weighted by atomic mass is 32.1. The standard InChI is InChI=1S/C12H21N5O5S2/c18-8(1-2-9(19)14-15-10(20)3-5-23)13-7-12(22)17-16-11(21)4-6-24/h23-24H,1-7H2,(H,13,18)(H,14,19)(H,15,20)(H,16,21)(H,17,22). The van der Waals surface area contributed by atoms with Crippen molar-refractivity contribution in [2.75, 3.05) is 18.1 Å². The smallest absolute Gasteiger partial charge is 0.257 e. The summed E-state index contributed by atoms with van der Waals surface area (Å²) >= 11 is 7.72. The minimum Gasteiger partial charge on any atom is -0.347 e. The zero-order valence-corrected chi connectivity index (χ0v) is 14.7. The van der Waals surface area contributed by atoms with Gasteiger partial charge in [-0.2, -0.15) is 25.3 Å². The Morgan fingerprint density at radius 2 is 0.917 bits per heavy atom. The molecule has 0 aliphatic heterocycles. The van der Waals surface area contributed by atoms with Crippen LogP contribution < -0.4 is 27.0 Å². The predicted molar refractivity (Wildman–Crippen MR) is 91.8 cm³/mol. The number of nitrogens with one attached hydrogen (secondary N) is 5. The van der Waals surface area contributed by atoms with Gasteiger partial charge in [0.05, 0.1) is 6.54 Å². The van der Waals surface area contributed by atoms with Crippen molar-refractivity contribution in [1.29, 1.82) is 0 Å². The molecule has 0 atom stereocenters. The van der Waals surface area contributed by atoms with Gasteiger partial charge in [-0.05, 0) is 11.5 Å². The summed E-state index contributed by atoms with van der Waals surface area (Å²) in [6.07, 6.45) is -0.0141. The first-order chi connectivity index (χ1) is 11.4. The Hall–Kier alpha value is -1.95. The summed E-state index contributed by atoms with van der Waals surface area (Å²) in [7, 11) is 0. The first-order valence-electron chi connectivity index (χ1n) is 7.02. The molecule has 0 spiro atoms. The molecule has 24 heavy (non-hydrogen) atoms. The predicted octanol–water partition coefficient (Wildman–Crippen LogP) is -2.18. The highest BCUT2D eigenvalue weighted by molar-refractivity contribution is 7.80. The molecule has 12 heteroatoms. The van der Waals surface area contributed by atoms with E-state index in [2.05, 4.69) is 52.3 Å². The average Bonchev–Trinajstić information content (AvgIpc) is 2.54. The second-order valence-electron chi connectivity index (χ2n) is 4.42. The normalized spacial score (nSPS) is 9.58. The minimum absolute atomic E-state index is 0.148. The fourth-order valence-corrected chi connectivity index (χ4v) is 1.61. The Bertz CT molecular complexity index is 435. The van der Waals surface area contributed by atoms with Crippen LogP contribution in [0, 0.1) is 0 Å². The van der Waals surface area contributed by atoms with Gasteiger partial charge in [0, 0.05) is 25.7 Å². The molecule has 0 unspecified atom stereocenters. The first-order valence-corrected chi connectivity index (χ1v) is 8.29. The third kappa shape index (κ3) is 12.6. The summed E-state index contributed by atoms with van der Waals surface area (Å²) in [4.78, 5) is 56.3. The maximum absolute atomic E-state index is 11.5. The fourth-order valence-electron chi connectivity index (χ4n) is 1.21. The van der Waals surface area contributed by atoms with Gasteiger partial charge in [-0.25, -0.2) is 0 Å². The van der Waals surface area contributed by atoms with E-state index >= 15 is 0 Å². The molecule has 5 N–H and O–H groups in total. The molecule has 0 aliphatic rings. The van der Waals surface area contributed by atoms with E-state index in [4.69, 9.17) is 0 Å². The molecule has 0 radical (unpaired) electrons. The molecule has 0 aliphatic carbocycles. The summed E-state index contributed by atoms with van der Waals surface area (Å²) in [6, 6.07) is 0. The van der Waals surface area contributed by atoms with Crippen molar-refractivity contribution < 1.29 is 24.0 Å². The van der Waals surface area contributed by atoms with Gasteiger partial charge in [-0.3, -0.25) is 45.7 Å². The van der Waals surface area contributed by atoms with Crippen LogP contribution in [0.2, 0.25) is 0 Å². The number of hydrazine groups is 2. The van der Waals surface area contributed by atoms with Gasteiger partial charge in [0.25, 0.3) is 5.91 Å². The zero-order chi connectivity index (χ0) is 18.4. The van der Waals surface area contributed by atoms with Gasteiger partial charge in [-0.1, -0.05) is 0 Å². The van der Waals surface area contributed by atoms with E-state index in [9.17, 15) is 24.0 Å². The van der Waals surface area contributed by atoms with E-state index < -0.39 is 23.6 Å². The lowest BCUT2D eigenvalue weighted by atomic mass is 10.3. The summed E-state index contributed by atoms with van der Waals surface area (Å²) in [6.45, 7) is -0.347. The summed E-state index contributed by atoms with van der Waals surface area (Å²) in [5.74, 6) is -1.78. The van der Waals surface area contributed by atoms with Crippen molar-refractivity contribution >= 4 is 54.8 Å². The number of rotatable bonds is 9. The maximum atomic E-state index is 11.5. The SMILES string of the molecule is O=C(CCC(=O)NNC(=O)CCS)NCC(=O)NNC(=O)CCS. The number of hydrogen-bond donors (Lipinski definition) is 7. The largest absolute Gasteiger partial charge is 0.347 e. The Labute approximate surface area is 150 Å². The lowest BCUT2D eigenvalue weighted by Crippen LogP contribution is -2.46. The van der Waals surface area contributed by atoms with Crippen LogP contribution in [-0.2, 0) is 24.0 Å². The molecule has 10 nitrogen and oxygen atoms in total. The second-order valence-corrected chi connectivity index (χ2v) is 5.31. The molecule has 0 aromatic carbocycles. The summed E-state index contributed by atoms with van der Waals surface area (Å²) in [5.41, 5.74) is 8.57. The van der Waals surface area contributed by atoms with Crippen molar-refractivity contribution in [2.24, 2.45) is 0 Å². The molecule has 0 bridgehead atoms. The molecule has 0 fully saturated rings. The van der Waals surface area contributed by atoms with Gasteiger partial charge in [0.1, 0.15) is 0 Å². The van der Waals surface area contributed by atoms with Crippen molar-refractivity contribution in [3.8, 4) is 0 Å². The molecule has 0 heterocycles. The number of amides is 5. The Morgan fingerprint density at radius 1 is 0.542 bits per heavy atom. The molecule has 0 aromatic heterocycles. The summed E-state index contributed by atoms with van der Waals surface area (Å²) in [5, 5.41) is 2.28. The lowest BCUT2D eigenvalue weighted by molar-refractivity contribution is -0.131. The topological polar surface area (TPSA) is 146 Å². The molecule has 0 aromatic rings. The molecule has 0 rings (SSSR count). The molecule has 0 saturated carbocycles. The van der Waals surface area contributed by atoms with E-state index in [1.807, 2.05) is 0 Å². The molecule has 136 valence electrons. The zero-order valence-electron chi connectivity index (χ0n) is 12.9. The van der Waals surface area contributed by atoms with Crippen molar-refractivity contribution in [2.45, 2.75) is 25.7 Å². The van der Waals surface area contributed by atoms with Crippen LogP contribution in [0.4, 0.5) is 0 Å². The van der Waals surface area contributed by atoms with Crippen LogP contribution in [0.3, 0.4) is 0 Å². The molecule has 0 saturated heterocycles. The third-order valence-corrected chi connectivity index (χ3v) is 2.83.